The van der Waals surface area contributed by atoms with Crippen LogP contribution in [-0.2, 0) is 0 Å². The lowest BCUT2D eigenvalue weighted by Gasteiger charge is -2.33. The first-order chi connectivity index (χ1) is 9.16. The molecule has 1 aliphatic heterocycles. The second-order valence-electron chi connectivity index (χ2n) is 5.54. The molecule has 1 saturated carbocycles. The highest BCUT2D eigenvalue weighted by Gasteiger charge is 2.43. The number of thiophene rings is 1. The number of halogens is 2. The molecule has 0 N–H and O–H groups in total. The highest BCUT2D eigenvalue weighted by atomic mass is 32.1. The summed E-state index contributed by atoms with van der Waals surface area (Å²) in [6.07, 6.45) is 5.19. The van der Waals surface area contributed by atoms with Crippen LogP contribution in [0.4, 0.5) is 8.78 Å². The fraction of sp³-hybridized carbons (Fsp3) is 0.500. The molecule has 2 aromatic rings. The van der Waals surface area contributed by atoms with Crippen LogP contribution in [0.5, 0.6) is 0 Å². The van der Waals surface area contributed by atoms with E-state index in [0.29, 0.717) is 6.42 Å². The van der Waals surface area contributed by atoms with E-state index >= 15 is 0 Å². The summed E-state index contributed by atoms with van der Waals surface area (Å²) in [7, 11) is 0. The van der Waals surface area contributed by atoms with E-state index < -0.39 is 5.92 Å². The quantitative estimate of drug-likeness (QED) is 0.759. The van der Waals surface area contributed by atoms with Crippen LogP contribution in [0.25, 0.3) is 11.3 Å². The van der Waals surface area contributed by atoms with Crippen LogP contribution in [0.1, 0.15) is 36.6 Å². The molecule has 0 aromatic carbocycles. The third kappa shape index (κ3) is 1.67. The molecule has 1 fully saturated rings. The van der Waals surface area contributed by atoms with Gasteiger partial charge in [0.2, 0.25) is 5.92 Å². The first-order valence-corrected chi connectivity index (χ1v) is 7.51. The molecule has 5 heteroatoms. The van der Waals surface area contributed by atoms with Gasteiger partial charge in [-0.15, -0.1) is 11.3 Å². The minimum Gasteiger partial charge on any atom is -0.322 e. The molecule has 1 unspecified atom stereocenters. The summed E-state index contributed by atoms with van der Waals surface area (Å²) in [5, 5.41) is 2.05. The number of alkyl halides is 2. The number of rotatable bonds is 1. The highest BCUT2D eigenvalue weighted by Crippen LogP contribution is 2.51. The molecule has 1 aliphatic carbocycles. The summed E-state index contributed by atoms with van der Waals surface area (Å²) in [6.45, 7) is 0. The topological polar surface area (TPSA) is 17.8 Å². The number of imidazole rings is 1. The molecule has 0 spiro atoms. The number of fused-ring (bicyclic) bond motifs is 3. The lowest BCUT2D eigenvalue weighted by molar-refractivity contribution is -0.0576. The third-order valence-electron chi connectivity index (χ3n) is 4.33. The zero-order chi connectivity index (χ0) is 13.0. The van der Waals surface area contributed by atoms with Crippen LogP contribution >= 0.6 is 11.3 Å². The third-order valence-corrected chi connectivity index (χ3v) is 5.32. The average molecular weight is 280 g/mol. The Labute approximate surface area is 114 Å². The number of aromatic nitrogens is 2. The smallest absolute Gasteiger partial charge is 0.248 e. The van der Waals surface area contributed by atoms with Crippen molar-refractivity contribution >= 4 is 11.3 Å². The van der Waals surface area contributed by atoms with Crippen molar-refractivity contribution in [2.24, 2.45) is 5.92 Å². The first-order valence-electron chi connectivity index (χ1n) is 6.63. The molecular weight excluding hydrogens is 266 g/mol. The van der Waals surface area contributed by atoms with Gasteiger partial charge < -0.3 is 4.57 Å². The second-order valence-corrected chi connectivity index (χ2v) is 6.49. The normalized spacial score (nSPS) is 28.1. The highest BCUT2D eigenvalue weighted by molar-refractivity contribution is 7.10. The molecule has 0 bridgehead atoms. The molecule has 3 heterocycles. The fourth-order valence-electron chi connectivity index (χ4n) is 3.54. The maximum atomic E-state index is 13.7. The van der Waals surface area contributed by atoms with Crippen molar-refractivity contribution < 1.29 is 8.78 Å². The molecule has 2 aliphatic rings. The Morgan fingerprint density at radius 3 is 3.16 bits per heavy atom. The van der Waals surface area contributed by atoms with Gasteiger partial charge in [0, 0.05) is 23.3 Å². The Morgan fingerprint density at radius 2 is 2.32 bits per heavy atom. The van der Waals surface area contributed by atoms with Gasteiger partial charge in [0.25, 0.3) is 0 Å². The largest absolute Gasteiger partial charge is 0.322 e. The van der Waals surface area contributed by atoms with E-state index in [1.54, 1.807) is 17.7 Å². The monoisotopic (exact) mass is 280 g/mol. The van der Waals surface area contributed by atoms with Gasteiger partial charge in [0.1, 0.15) is 0 Å². The maximum Gasteiger partial charge on any atom is 0.248 e. The molecule has 2 atom stereocenters. The molecule has 0 amide bonds. The summed E-state index contributed by atoms with van der Waals surface area (Å²) in [4.78, 5) is 5.42. The standard InChI is InChI=1S/C14H14F2N2S/c15-14(16)4-1-2-9(6-14)12-13-10(3-5-19-13)11-7-17-8-18(11)12/h3,5,7-9,12H,1-2,4,6H2/t9-,12?/m1/s1. The van der Waals surface area contributed by atoms with E-state index in [0.717, 1.165) is 12.1 Å². The van der Waals surface area contributed by atoms with Crippen molar-refractivity contribution in [2.75, 3.05) is 0 Å². The van der Waals surface area contributed by atoms with E-state index in [9.17, 15) is 8.78 Å². The van der Waals surface area contributed by atoms with Crippen molar-refractivity contribution in [1.82, 2.24) is 9.55 Å². The average Bonchev–Trinajstić information content (AvgIpc) is 2.98. The molecule has 19 heavy (non-hydrogen) atoms. The van der Waals surface area contributed by atoms with Gasteiger partial charge in [-0.2, -0.15) is 0 Å². The van der Waals surface area contributed by atoms with E-state index in [-0.39, 0.29) is 24.8 Å². The summed E-state index contributed by atoms with van der Waals surface area (Å²) >= 11 is 1.68. The van der Waals surface area contributed by atoms with Gasteiger partial charge in [-0.3, -0.25) is 0 Å². The zero-order valence-corrected chi connectivity index (χ0v) is 11.2. The lowest BCUT2D eigenvalue weighted by atomic mass is 9.81. The van der Waals surface area contributed by atoms with Crippen molar-refractivity contribution in [1.29, 1.82) is 0 Å². The van der Waals surface area contributed by atoms with E-state index in [1.807, 2.05) is 6.20 Å². The van der Waals surface area contributed by atoms with Crippen molar-refractivity contribution in [3.05, 3.63) is 28.8 Å². The number of nitrogens with zero attached hydrogens (tertiary/aromatic N) is 2. The summed E-state index contributed by atoms with van der Waals surface area (Å²) in [5.74, 6) is -2.47. The van der Waals surface area contributed by atoms with Crippen LogP contribution < -0.4 is 0 Å². The van der Waals surface area contributed by atoms with E-state index in [4.69, 9.17) is 0 Å². The SMILES string of the molecule is FC1(F)CCC[C@@H](C2c3sccc3-c3cncn32)C1. The molecular formula is C14H14F2N2S. The summed E-state index contributed by atoms with van der Waals surface area (Å²) < 4.78 is 29.5. The molecule has 0 radical (unpaired) electrons. The molecule has 4 rings (SSSR count). The Bertz CT molecular complexity index is 576. The summed E-state index contributed by atoms with van der Waals surface area (Å²) in [6, 6.07) is 2.15. The molecule has 0 saturated heterocycles. The van der Waals surface area contributed by atoms with Crippen LogP contribution in [-0.4, -0.2) is 15.5 Å². The predicted octanol–water partition coefficient (Wildman–Crippen LogP) is 4.34. The van der Waals surface area contributed by atoms with Gasteiger partial charge >= 0.3 is 0 Å². The number of hydrogen-bond donors (Lipinski definition) is 0. The van der Waals surface area contributed by atoms with Crippen LogP contribution in [0.3, 0.4) is 0 Å². The number of hydrogen-bond acceptors (Lipinski definition) is 2. The van der Waals surface area contributed by atoms with Gasteiger partial charge in [0.05, 0.1) is 24.3 Å². The minimum absolute atomic E-state index is 0.00657. The fourth-order valence-corrected chi connectivity index (χ4v) is 4.64. The van der Waals surface area contributed by atoms with Crippen molar-refractivity contribution in [2.45, 2.75) is 37.6 Å². The van der Waals surface area contributed by atoms with Gasteiger partial charge in [0.15, 0.2) is 0 Å². The zero-order valence-electron chi connectivity index (χ0n) is 10.4. The molecule has 2 nitrogen and oxygen atoms in total. The van der Waals surface area contributed by atoms with Crippen LogP contribution in [0.2, 0.25) is 0 Å². The Balaban J connectivity index is 1.76. The summed E-state index contributed by atoms with van der Waals surface area (Å²) in [5.41, 5.74) is 2.26. The molecule has 2 aromatic heterocycles. The lowest BCUT2D eigenvalue weighted by Crippen LogP contribution is -2.30. The Hall–Kier alpha value is -1.23. The predicted molar refractivity (Wildman–Crippen MR) is 70.6 cm³/mol. The van der Waals surface area contributed by atoms with Gasteiger partial charge in [-0.25, -0.2) is 13.8 Å². The van der Waals surface area contributed by atoms with Crippen molar-refractivity contribution in [3.8, 4) is 11.3 Å². The van der Waals surface area contributed by atoms with Crippen LogP contribution in [0.15, 0.2) is 24.0 Å². The second kappa shape index (κ2) is 3.88. The van der Waals surface area contributed by atoms with Gasteiger partial charge in [-0.05, 0) is 30.2 Å². The Morgan fingerprint density at radius 1 is 1.42 bits per heavy atom. The van der Waals surface area contributed by atoms with E-state index in [2.05, 4.69) is 21.0 Å². The van der Waals surface area contributed by atoms with E-state index in [1.165, 1.54) is 10.4 Å². The first kappa shape index (κ1) is 11.6. The maximum absolute atomic E-state index is 13.7. The minimum atomic E-state index is -2.50. The van der Waals surface area contributed by atoms with Crippen LogP contribution in [0, 0.1) is 5.92 Å². The van der Waals surface area contributed by atoms with Crippen molar-refractivity contribution in [3.63, 3.8) is 0 Å². The van der Waals surface area contributed by atoms with Gasteiger partial charge in [-0.1, -0.05) is 0 Å². The molecule has 100 valence electrons. The Kier molecular flexibility index (Phi) is 2.37.